The summed E-state index contributed by atoms with van der Waals surface area (Å²) in [4.78, 5) is 0. The summed E-state index contributed by atoms with van der Waals surface area (Å²) in [6, 6.07) is 0. The third-order valence-electron chi connectivity index (χ3n) is 1.75. The Kier molecular flexibility index (Phi) is 1.52. The molecule has 0 bridgehead atoms. The molecule has 1 aliphatic heterocycles. The van der Waals surface area contributed by atoms with Crippen LogP contribution in [0, 0.1) is 0 Å². The lowest BCUT2D eigenvalue weighted by atomic mass is 10.1. The zero-order valence-electron chi connectivity index (χ0n) is 5.11. The van der Waals surface area contributed by atoms with Crippen LogP contribution in [0.2, 0.25) is 0 Å². The molecule has 0 spiro atoms. The summed E-state index contributed by atoms with van der Waals surface area (Å²) in [7, 11) is 0. The Bertz CT molecular complexity index is 78.6. The topological polar surface area (TPSA) is 12.5 Å². The van der Waals surface area contributed by atoms with E-state index in [1.54, 1.807) is 0 Å². The number of hydrogen-bond acceptors (Lipinski definition) is 1. The SMILES string of the molecule is CCC1(CCF)CO1. The third kappa shape index (κ3) is 0.996. The van der Waals surface area contributed by atoms with Gasteiger partial charge in [-0.15, -0.1) is 0 Å². The van der Waals surface area contributed by atoms with Gasteiger partial charge in [-0.1, -0.05) is 6.92 Å². The average Bonchev–Trinajstić information content (AvgIpc) is 2.50. The fourth-order valence-electron chi connectivity index (χ4n) is 0.800. The van der Waals surface area contributed by atoms with Crippen molar-refractivity contribution in [2.45, 2.75) is 25.4 Å². The van der Waals surface area contributed by atoms with Crippen LogP contribution < -0.4 is 0 Å². The summed E-state index contributed by atoms with van der Waals surface area (Å²) in [6.45, 7) is 2.56. The molecule has 0 aliphatic carbocycles. The van der Waals surface area contributed by atoms with E-state index in [9.17, 15) is 4.39 Å². The Hall–Kier alpha value is -0.110. The van der Waals surface area contributed by atoms with E-state index in [1.807, 2.05) is 6.92 Å². The Balaban J connectivity index is 2.20. The van der Waals surface area contributed by atoms with Crippen LogP contribution in [0.1, 0.15) is 19.8 Å². The lowest BCUT2D eigenvalue weighted by Gasteiger charge is -2.02. The maximum Gasteiger partial charge on any atom is 0.0938 e. The van der Waals surface area contributed by atoms with Gasteiger partial charge in [0.05, 0.1) is 18.9 Å². The molecule has 1 nitrogen and oxygen atoms in total. The monoisotopic (exact) mass is 118 g/mol. The van der Waals surface area contributed by atoms with Gasteiger partial charge in [-0.3, -0.25) is 4.39 Å². The standard InChI is InChI=1S/C6H11FO/c1-2-6(3-4-7)5-8-6/h2-5H2,1H3. The van der Waals surface area contributed by atoms with E-state index in [1.165, 1.54) is 0 Å². The highest BCUT2D eigenvalue weighted by atomic mass is 19.1. The van der Waals surface area contributed by atoms with Gasteiger partial charge < -0.3 is 4.74 Å². The molecule has 8 heavy (non-hydrogen) atoms. The highest BCUT2D eigenvalue weighted by Gasteiger charge is 2.41. The molecule has 0 aromatic heterocycles. The van der Waals surface area contributed by atoms with E-state index in [2.05, 4.69) is 0 Å². The van der Waals surface area contributed by atoms with Gasteiger partial charge in [0.2, 0.25) is 0 Å². The van der Waals surface area contributed by atoms with Crippen LogP contribution in [-0.4, -0.2) is 18.9 Å². The van der Waals surface area contributed by atoms with Gasteiger partial charge in [0, 0.05) is 6.42 Å². The van der Waals surface area contributed by atoms with E-state index >= 15 is 0 Å². The molecule has 1 unspecified atom stereocenters. The van der Waals surface area contributed by atoms with Crippen LogP contribution in [0.15, 0.2) is 0 Å². The van der Waals surface area contributed by atoms with Crippen LogP contribution in [0.3, 0.4) is 0 Å². The number of alkyl halides is 1. The summed E-state index contributed by atoms with van der Waals surface area (Å²) < 4.78 is 16.7. The van der Waals surface area contributed by atoms with E-state index < -0.39 is 0 Å². The first-order valence-corrected chi connectivity index (χ1v) is 3.03. The fraction of sp³-hybridized carbons (Fsp3) is 1.00. The van der Waals surface area contributed by atoms with Crippen molar-refractivity contribution >= 4 is 0 Å². The molecule has 0 radical (unpaired) electrons. The second-order valence-corrected chi connectivity index (χ2v) is 2.26. The molecule has 1 atom stereocenters. The maximum atomic E-state index is 11.6. The zero-order valence-corrected chi connectivity index (χ0v) is 5.11. The smallest absolute Gasteiger partial charge is 0.0938 e. The Morgan fingerprint density at radius 2 is 2.38 bits per heavy atom. The minimum absolute atomic E-state index is 0.0330. The molecule has 0 N–H and O–H groups in total. The van der Waals surface area contributed by atoms with E-state index in [0.717, 1.165) is 13.0 Å². The van der Waals surface area contributed by atoms with Crippen molar-refractivity contribution in [2.75, 3.05) is 13.3 Å². The average molecular weight is 118 g/mol. The molecule has 1 aliphatic rings. The minimum atomic E-state index is -0.242. The molecule has 0 aromatic carbocycles. The maximum absolute atomic E-state index is 11.6. The normalized spacial score (nSPS) is 35.2. The predicted octanol–water partition coefficient (Wildman–Crippen LogP) is 1.53. The molecule has 0 saturated carbocycles. The summed E-state index contributed by atoms with van der Waals surface area (Å²) >= 11 is 0. The van der Waals surface area contributed by atoms with Crippen LogP contribution in [0.25, 0.3) is 0 Å². The van der Waals surface area contributed by atoms with Crippen LogP contribution in [0.4, 0.5) is 4.39 Å². The highest BCUT2D eigenvalue weighted by molar-refractivity contribution is 4.89. The van der Waals surface area contributed by atoms with Crippen molar-refractivity contribution in [3.63, 3.8) is 0 Å². The van der Waals surface area contributed by atoms with Crippen molar-refractivity contribution in [1.82, 2.24) is 0 Å². The van der Waals surface area contributed by atoms with Gasteiger partial charge in [-0.25, -0.2) is 0 Å². The summed E-state index contributed by atoms with van der Waals surface area (Å²) in [5, 5.41) is 0. The number of hydrogen-bond donors (Lipinski definition) is 0. The van der Waals surface area contributed by atoms with Gasteiger partial charge in [0.25, 0.3) is 0 Å². The number of rotatable bonds is 3. The summed E-state index contributed by atoms with van der Waals surface area (Å²) in [5.41, 5.74) is -0.0330. The zero-order chi connectivity index (χ0) is 6.04. The number of halogens is 1. The highest BCUT2D eigenvalue weighted by Crippen LogP contribution is 2.33. The molecule has 1 saturated heterocycles. The molecule has 0 amide bonds. The van der Waals surface area contributed by atoms with Crippen molar-refractivity contribution in [2.24, 2.45) is 0 Å². The van der Waals surface area contributed by atoms with Gasteiger partial charge >= 0.3 is 0 Å². The molecule has 2 heteroatoms. The first kappa shape index (κ1) is 6.02. The Morgan fingerprint density at radius 1 is 1.75 bits per heavy atom. The minimum Gasteiger partial charge on any atom is -0.370 e. The number of epoxide rings is 1. The van der Waals surface area contributed by atoms with Crippen LogP contribution in [0.5, 0.6) is 0 Å². The van der Waals surface area contributed by atoms with Gasteiger partial charge in [-0.2, -0.15) is 0 Å². The first-order valence-electron chi connectivity index (χ1n) is 3.03. The number of ether oxygens (including phenoxy) is 1. The van der Waals surface area contributed by atoms with E-state index in [4.69, 9.17) is 4.74 Å². The van der Waals surface area contributed by atoms with Crippen molar-refractivity contribution in [3.05, 3.63) is 0 Å². The van der Waals surface area contributed by atoms with Crippen molar-refractivity contribution in [3.8, 4) is 0 Å². The molecular weight excluding hydrogens is 107 g/mol. The first-order chi connectivity index (χ1) is 3.83. The fourth-order valence-corrected chi connectivity index (χ4v) is 0.800. The van der Waals surface area contributed by atoms with Crippen LogP contribution in [-0.2, 0) is 4.74 Å². The van der Waals surface area contributed by atoms with Crippen molar-refractivity contribution in [1.29, 1.82) is 0 Å². The Labute approximate surface area is 48.8 Å². The summed E-state index contributed by atoms with van der Waals surface area (Å²) in [6.07, 6.45) is 1.54. The Morgan fingerprint density at radius 3 is 2.50 bits per heavy atom. The molecule has 1 fully saturated rings. The largest absolute Gasteiger partial charge is 0.370 e. The molecule has 48 valence electrons. The van der Waals surface area contributed by atoms with Crippen molar-refractivity contribution < 1.29 is 9.13 Å². The molecular formula is C6H11FO. The van der Waals surface area contributed by atoms with E-state index in [0.29, 0.717) is 6.42 Å². The van der Waals surface area contributed by atoms with Gasteiger partial charge in [0.1, 0.15) is 0 Å². The lowest BCUT2D eigenvalue weighted by Crippen LogP contribution is -2.09. The molecule has 0 aromatic rings. The van der Waals surface area contributed by atoms with Crippen LogP contribution >= 0.6 is 0 Å². The predicted molar refractivity (Wildman–Crippen MR) is 29.6 cm³/mol. The van der Waals surface area contributed by atoms with Gasteiger partial charge in [-0.05, 0) is 6.42 Å². The molecule has 1 rings (SSSR count). The quantitative estimate of drug-likeness (QED) is 0.512. The third-order valence-corrected chi connectivity index (χ3v) is 1.75. The second kappa shape index (κ2) is 2.02. The van der Waals surface area contributed by atoms with E-state index in [-0.39, 0.29) is 12.3 Å². The summed E-state index contributed by atoms with van der Waals surface area (Å²) in [5.74, 6) is 0. The van der Waals surface area contributed by atoms with Gasteiger partial charge in [0.15, 0.2) is 0 Å². The molecule has 1 heterocycles. The second-order valence-electron chi connectivity index (χ2n) is 2.26. The lowest BCUT2D eigenvalue weighted by molar-refractivity contribution is 0.259.